The van der Waals surface area contributed by atoms with E-state index in [4.69, 9.17) is 0 Å². The average Bonchev–Trinajstić information content (AvgIpc) is 2.29. The summed E-state index contributed by atoms with van der Waals surface area (Å²) in [6, 6.07) is 7.42. The minimum absolute atomic E-state index is 0. The molecule has 0 radical (unpaired) electrons. The van der Waals surface area contributed by atoms with E-state index in [9.17, 15) is 4.39 Å². The van der Waals surface area contributed by atoms with Crippen LogP contribution in [0.15, 0.2) is 24.3 Å². The highest BCUT2D eigenvalue weighted by molar-refractivity contribution is 5.85. The standard InChI is InChI=1S/C12H17FN2.2ClH/c13-12-6-2-1-4-10(12)8-15-11-5-3-7-14-9-11;;/h1-2,4,6,11,14-15H,3,5,7-9H2;2*1H/t11-;;/m1../s1. The molecular formula is C12H19Cl2FN2. The highest BCUT2D eigenvalue weighted by Crippen LogP contribution is 2.07. The fourth-order valence-corrected chi connectivity index (χ4v) is 1.92. The number of hydrogen-bond donors (Lipinski definition) is 2. The second kappa shape index (κ2) is 8.70. The summed E-state index contributed by atoms with van der Waals surface area (Å²) in [6.45, 7) is 2.73. The summed E-state index contributed by atoms with van der Waals surface area (Å²) >= 11 is 0. The van der Waals surface area contributed by atoms with Gasteiger partial charge >= 0.3 is 0 Å². The average molecular weight is 281 g/mol. The molecule has 1 aromatic rings. The number of hydrogen-bond acceptors (Lipinski definition) is 2. The summed E-state index contributed by atoms with van der Waals surface area (Å²) in [5.41, 5.74) is 0.753. The summed E-state index contributed by atoms with van der Waals surface area (Å²) in [4.78, 5) is 0. The van der Waals surface area contributed by atoms with Crippen LogP contribution in [0.2, 0.25) is 0 Å². The van der Waals surface area contributed by atoms with Crippen molar-refractivity contribution in [1.82, 2.24) is 10.6 Å². The molecule has 0 aliphatic carbocycles. The first-order chi connectivity index (χ1) is 7.36. The second-order valence-corrected chi connectivity index (χ2v) is 4.02. The van der Waals surface area contributed by atoms with Crippen LogP contribution in [0.4, 0.5) is 4.39 Å². The molecule has 1 aromatic carbocycles. The van der Waals surface area contributed by atoms with E-state index in [1.54, 1.807) is 6.07 Å². The van der Waals surface area contributed by atoms with E-state index in [2.05, 4.69) is 10.6 Å². The molecule has 1 atom stereocenters. The monoisotopic (exact) mass is 280 g/mol. The zero-order valence-corrected chi connectivity index (χ0v) is 11.2. The number of nitrogens with one attached hydrogen (secondary N) is 2. The Balaban J connectivity index is 0.00000128. The van der Waals surface area contributed by atoms with Crippen LogP contribution >= 0.6 is 24.8 Å². The molecule has 2 nitrogen and oxygen atoms in total. The summed E-state index contributed by atoms with van der Waals surface area (Å²) in [5, 5.41) is 6.71. The molecule has 1 aliphatic rings. The lowest BCUT2D eigenvalue weighted by molar-refractivity contribution is 0.386. The van der Waals surface area contributed by atoms with Crippen molar-refractivity contribution in [3.8, 4) is 0 Å². The fourth-order valence-electron chi connectivity index (χ4n) is 1.92. The van der Waals surface area contributed by atoms with Gasteiger partial charge in [-0.15, -0.1) is 24.8 Å². The molecule has 0 aromatic heterocycles. The van der Waals surface area contributed by atoms with Crippen molar-refractivity contribution in [1.29, 1.82) is 0 Å². The van der Waals surface area contributed by atoms with Crippen LogP contribution < -0.4 is 10.6 Å². The minimum Gasteiger partial charge on any atom is -0.315 e. The van der Waals surface area contributed by atoms with Gasteiger partial charge in [0, 0.05) is 24.7 Å². The van der Waals surface area contributed by atoms with E-state index in [0.29, 0.717) is 12.6 Å². The molecule has 2 N–H and O–H groups in total. The van der Waals surface area contributed by atoms with Gasteiger partial charge in [0.05, 0.1) is 0 Å². The Kier molecular flexibility index (Phi) is 8.52. The first kappa shape index (κ1) is 16.6. The molecule has 1 fully saturated rings. The third-order valence-electron chi connectivity index (χ3n) is 2.84. The van der Waals surface area contributed by atoms with Gasteiger partial charge in [0.1, 0.15) is 5.82 Å². The summed E-state index contributed by atoms with van der Waals surface area (Å²) in [6.07, 6.45) is 2.39. The molecule has 1 saturated heterocycles. The lowest BCUT2D eigenvalue weighted by Gasteiger charge is -2.23. The highest BCUT2D eigenvalue weighted by Gasteiger charge is 2.12. The third-order valence-corrected chi connectivity index (χ3v) is 2.84. The predicted octanol–water partition coefficient (Wildman–Crippen LogP) is 2.51. The Morgan fingerprint density at radius 2 is 2.06 bits per heavy atom. The van der Waals surface area contributed by atoms with Gasteiger partial charge in [-0.05, 0) is 25.5 Å². The van der Waals surface area contributed by atoms with E-state index < -0.39 is 0 Å². The van der Waals surface area contributed by atoms with Crippen LogP contribution in [0.25, 0.3) is 0 Å². The third kappa shape index (κ3) is 5.21. The first-order valence-electron chi connectivity index (χ1n) is 5.54. The smallest absolute Gasteiger partial charge is 0.127 e. The van der Waals surface area contributed by atoms with Crippen molar-refractivity contribution in [2.45, 2.75) is 25.4 Å². The molecule has 98 valence electrons. The molecule has 0 bridgehead atoms. The largest absolute Gasteiger partial charge is 0.315 e. The number of piperidine rings is 1. The maximum Gasteiger partial charge on any atom is 0.127 e. The van der Waals surface area contributed by atoms with Crippen molar-refractivity contribution >= 4 is 24.8 Å². The van der Waals surface area contributed by atoms with Gasteiger partial charge in [-0.25, -0.2) is 4.39 Å². The van der Waals surface area contributed by atoms with Crippen LogP contribution in [0, 0.1) is 5.82 Å². The second-order valence-electron chi connectivity index (χ2n) is 4.02. The molecule has 0 unspecified atom stereocenters. The van der Waals surface area contributed by atoms with Crippen LogP contribution in [0.3, 0.4) is 0 Å². The van der Waals surface area contributed by atoms with E-state index in [1.807, 2.05) is 12.1 Å². The topological polar surface area (TPSA) is 24.1 Å². The van der Waals surface area contributed by atoms with Gasteiger partial charge in [-0.2, -0.15) is 0 Å². The van der Waals surface area contributed by atoms with Gasteiger partial charge < -0.3 is 10.6 Å². The highest BCUT2D eigenvalue weighted by atomic mass is 35.5. The zero-order chi connectivity index (χ0) is 10.5. The van der Waals surface area contributed by atoms with Crippen LogP contribution in [0.5, 0.6) is 0 Å². The quantitative estimate of drug-likeness (QED) is 0.889. The molecule has 1 heterocycles. The van der Waals surface area contributed by atoms with Crippen LogP contribution in [-0.4, -0.2) is 19.1 Å². The lowest BCUT2D eigenvalue weighted by atomic mass is 10.1. The van der Waals surface area contributed by atoms with Gasteiger partial charge in [0.2, 0.25) is 0 Å². The first-order valence-corrected chi connectivity index (χ1v) is 5.54. The maximum absolute atomic E-state index is 13.3. The Morgan fingerprint density at radius 3 is 2.71 bits per heavy atom. The van der Waals surface area contributed by atoms with Crippen molar-refractivity contribution in [3.05, 3.63) is 35.6 Å². The van der Waals surface area contributed by atoms with E-state index in [-0.39, 0.29) is 30.6 Å². The van der Waals surface area contributed by atoms with Gasteiger partial charge in [0.25, 0.3) is 0 Å². The molecule has 0 amide bonds. The van der Waals surface area contributed by atoms with Gasteiger partial charge in [-0.1, -0.05) is 18.2 Å². The van der Waals surface area contributed by atoms with E-state index >= 15 is 0 Å². The molecule has 0 spiro atoms. The van der Waals surface area contributed by atoms with Crippen molar-refractivity contribution in [2.24, 2.45) is 0 Å². The normalized spacial score (nSPS) is 19.0. The van der Waals surface area contributed by atoms with Gasteiger partial charge in [-0.3, -0.25) is 0 Å². The Morgan fingerprint density at radius 1 is 1.29 bits per heavy atom. The number of rotatable bonds is 3. The molecule has 1 aliphatic heterocycles. The zero-order valence-electron chi connectivity index (χ0n) is 9.62. The molecule has 0 saturated carbocycles. The van der Waals surface area contributed by atoms with Crippen molar-refractivity contribution < 1.29 is 4.39 Å². The Bertz CT molecular complexity index is 317. The number of halogens is 3. The maximum atomic E-state index is 13.3. The van der Waals surface area contributed by atoms with Crippen LogP contribution in [0.1, 0.15) is 18.4 Å². The van der Waals surface area contributed by atoms with E-state index in [1.165, 1.54) is 18.9 Å². The minimum atomic E-state index is -0.117. The predicted molar refractivity (Wildman–Crippen MR) is 73.6 cm³/mol. The van der Waals surface area contributed by atoms with Crippen molar-refractivity contribution in [2.75, 3.05) is 13.1 Å². The fraction of sp³-hybridized carbons (Fsp3) is 0.500. The van der Waals surface area contributed by atoms with Crippen LogP contribution in [-0.2, 0) is 6.54 Å². The molecule has 17 heavy (non-hydrogen) atoms. The Hall–Kier alpha value is -0.350. The molecular weight excluding hydrogens is 262 g/mol. The van der Waals surface area contributed by atoms with E-state index in [0.717, 1.165) is 18.7 Å². The molecule has 5 heteroatoms. The Labute approximate surface area is 114 Å². The van der Waals surface area contributed by atoms with Gasteiger partial charge in [0.15, 0.2) is 0 Å². The molecule has 2 rings (SSSR count). The lowest BCUT2D eigenvalue weighted by Crippen LogP contribution is -2.42. The summed E-state index contributed by atoms with van der Waals surface area (Å²) in [7, 11) is 0. The summed E-state index contributed by atoms with van der Waals surface area (Å²) < 4.78 is 13.3. The summed E-state index contributed by atoms with van der Waals surface area (Å²) in [5.74, 6) is -0.117. The number of benzene rings is 1. The SMILES string of the molecule is Cl.Cl.Fc1ccccc1CN[C@@H]1CCCNC1. The van der Waals surface area contributed by atoms with Crippen molar-refractivity contribution in [3.63, 3.8) is 0 Å².